The molecular weight excluding hydrogens is 472 g/mol. The molecule has 9 atom stereocenters. The Kier molecular flexibility index (Phi) is 5.87. The second kappa shape index (κ2) is 8.55. The van der Waals surface area contributed by atoms with Gasteiger partial charge in [0, 0.05) is 30.6 Å². The van der Waals surface area contributed by atoms with E-state index in [1.54, 1.807) is 11.2 Å². The van der Waals surface area contributed by atoms with Crippen LogP contribution in [0.2, 0.25) is 0 Å². The number of carbonyl (C=O) groups is 1. The van der Waals surface area contributed by atoms with Gasteiger partial charge in [-0.05, 0) is 99.0 Å². The highest BCUT2D eigenvalue weighted by Gasteiger charge is 2.70. The van der Waals surface area contributed by atoms with Gasteiger partial charge < -0.3 is 30.0 Å². The number of nitrogens with zero attached hydrogens (tertiary/aromatic N) is 1. The smallest absolute Gasteiger partial charge is 0.335 e. The predicted molar refractivity (Wildman–Crippen MR) is 137 cm³/mol. The van der Waals surface area contributed by atoms with Crippen LogP contribution in [0.25, 0.3) is 0 Å². The van der Waals surface area contributed by atoms with E-state index < -0.39 is 17.3 Å². The number of hydrogen-bond donors (Lipinski definition) is 4. The quantitative estimate of drug-likeness (QED) is 0.481. The Labute approximate surface area is 218 Å². The van der Waals surface area contributed by atoms with E-state index in [2.05, 4.69) is 19.2 Å². The third-order valence-electron chi connectivity index (χ3n) is 11.9. The van der Waals surface area contributed by atoms with E-state index in [4.69, 9.17) is 4.42 Å². The number of urea groups is 1. The molecule has 1 saturated heterocycles. The van der Waals surface area contributed by atoms with Crippen molar-refractivity contribution in [3.05, 3.63) is 34.4 Å². The van der Waals surface area contributed by atoms with Crippen LogP contribution in [0.5, 0.6) is 0 Å². The van der Waals surface area contributed by atoms with Crippen molar-refractivity contribution in [3.8, 4) is 0 Å². The summed E-state index contributed by atoms with van der Waals surface area (Å²) in [5, 5.41) is 37.4. The molecule has 4 N–H and O–H groups in total. The second-order valence-corrected chi connectivity index (χ2v) is 13.3. The van der Waals surface area contributed by atoms with Crippen molar-refractivity contribution >= 4 is 6.03 Å². The molecule has 8 heteroatoms. The molecule has 5 aliphatic rings. The first-order valence-corrected chi connectivity index (χ1v) is 14.3. The van der Waals surface area contributed by atoms with Crippen molar-refractivity contribution in [2.75, 3.05) is 13.1 Å². The van der Waals surface area contributed by atoms with Crippen LogP contribution in [-0.2, 0) is 0 Å². The number of fused-ring (bicyclic) bond motifs is 5. The van der Waals surface area contributed by atoms with Crippen LogP contribution in [0.4, 0.5) is 4.79 Å². The first-order valence-electron chi connectivity index (χ1n) is 14.3. The molecular formula is C29H42N2O6. The first kappa shape index (κ1) is 25.4. The van der Waals surface area contributed by atoms with E-state index in [1.807, 2.05) is 6.07 Å². The van der Waals surface area contributed by atoms with E-state index in [0.717, 1.165) is 50.5 Å². The lowest BCUT2D eigenvalue weighted by atomic mass is 9.42. The molecule has 1 aliphatic heterocycles. The number of aliphatic hydroxyl groups is 3. The Morgan fingerprint density at radius 1 is 1.00 bits per heavy atom. The molecule has 1 aromatic heterocycles. The largest absolute Gasteiger partial charge is 0.431 e. The average molecular weight is 515 g/mol. The molecule has 1 aromatic rings. The van der Waals surface area contributed by atoms with Gasteiger partial charge in [0.15, 0.2) is 0 Å². The van der Waals surface area contributed by atoms with Crippen LogP contribution in [0.1, 0.15) is 89.5 Å². The molecule has 4 saturated carbocycles. The minimum absolute atomic E-state index is 0.0830. The van der Waals surface area contributed by atoms with E-state index in [9.17, 15) is 24.9 Å². The predicted octanol–water partition coefficient (Wildman–Crippen LogP) is 3.14. The molecule has 8 nitrogen and oxygen atoms in total. The maximum atomic E-state index is 12.8. The first-order chi connectivity index (χ1) is 17.5. The number of nitrogens with one attached hydrogen (secondary N) is 1. The molecule has 37 heavy (non-hydrogen) atoms. The normalized spacial score (nSPS) is 47.2. The molecule has 2 amide bonds. The molecule has 0 aromatic carbocycles. The summed E-state index contributed by atoms with van der Waals surface area (Å²) in [5.41, 5.74) is -1.66. The summed E-state index contributed by atoms with van der Waals surface area (Å²) >= 11 is 0. The Morgan fingerprint density at radius 2 is 1.76 bits per heavy atom. The van der Waals surface area contributed by atoms with E-state index in [1.165, 1.54) is 6.07 Å². The van der Waals surface area contributed by atoms with E-state index in [0.29, 0.717) is 32.4 Å². The average Bonchev–Trinajstić information content (AvgIpc) is 3.41. The van der Waals surface area contributed by atoms with Crippen LogP contribution in [0.15, 0.2) is 27.6 Å². The molecule has 0 spiro atoms. The van der Waals surface area contributed by atoms with Gasteiger partial charge in [0.25, 0.3) is 0 Å². The lowest BCUT2D eigenvalue weighted by molar-refractivity contribution is -0.247. The van der Waals surface area contributed by atoms with Gasteiger partial charge in [-0.3, -0.25) is 0 Å². The fourth-order valence-corrected chi connectivity index (χ4v) is 9.64. The number of likely N-dealkylation sites (tertiary alicyclic amines) is 1. The summed E-state index contributed by atoms with van der Waals surface area (Å²) < 4.78 is 5.19. The van der Waals surface area contributed by atoms with E-state index >= 15 is 0 Å². The van der Waals surface area contributed by atoms with Crippen molar-refractivity contribution in [1.29, 1.82) is 0 Å². The third kappa shape index (κ3) is 3.65. The zero-order chi connectivity index (χ0) is 26.2. The van der Waals surface area contributed by atoms with Gasteiger partial charge in [0.2, 0.25) is 0 Å². The Bertz CT molecular complexity index is 1100. The maximum absolute atomic E-state index is 12.8. The van der Waals surface area contributed by atoms with Crippen LogP contribution in [0, 0.1) is 22.7 Å². The fraction of sp³-hybridized carbons (Fsp3) is 0.793. The van der Waals surface area contributed by atoms with Gasteiger partial charge in [-0.15, -0.1) is 0 Å². The molecule has 204 valence electrons. The highest BCUT2D eigenvalue weighted by atomic mass is 16.4. The Morgan fingerprint density at radius 3 is 2.46 bits per heavy atom. The topological polar surface area (TPSA) is 123 Å². The lowest BCUT2D eigenvalue weighted by Crippen LogP contribution is -2.68. The minimum Gasteiger partial charge on any atom is -0.431 e. The van der Waals surface area contributed by atoms with Crippen LogP contribution < -0.4 is 10.9 Å². The lowest BCUT2D eigenvalue weighted by Gasteiger charge is -2.66. The summed E-state index contributed by atoms with van der Waals surface area (Å²) in [6, 6.07) is 3.12. The number of β-amino-alcohol motifs (C(OH)–C–C–N with tert-alkyl or cyclic N) is 1. The second-order valence-electron chi connectivity index (χ2n) is 13.3. The summed E-state index contributed by atoms with van der Waals surface area (Å²) in [5.74, 6) is 0.489. The number of carbonyl (C=O) groups excluding carboxylic acids is 1. The van der Waals surface area contributed by atoms with Gasteiger partial charge in [-0.2, -0.15) is 0 Å². The number of amides is 2. The van der Waals surface area contributed by atoms with Crippen LogP contribution >= 0.6 is 0 Å². The van der Waals surface area contributed by atoms with Crippen molar-refractivity contribution in [3.63, 3.8) is 0 Å². The van der Waals surface area contributed by atoms with Crippen molar-refractivity contribution < 1.29 is 24.5 Å². The van der Waals surface area contributed by atoms with Crippen LogP contribution in [0.3, 0.4) is 0 Å². The zero-order valence-corrected chi connectivity index (χ0v) is 22.1. The summed E-state index contributed by atoms with van der Waals surface area (Å²) in [4.78, 5) is 26.0. The van der Waals surface area contributed by atoms with Gasteiger partial charge in [-0.1, -0.05) is 13.8 Å². The molecule has 0 radical (unpaired) electrons. The number of aliphatic hydroxyl groups excluding tert-OH is 1. The monoisotopic (exact) mass is 514 g/mol. The van der Waals surface area contributed by atoms with Crippen molar-refractivity contribution in [2.24, 2.45) is 22.7 Å². The third-order valence-corrected chi connectivity index (χ3v) is 11.9. The van der Waals surface area contributed by atoms with E-state index in [-0.39, 0.29) is 46.3 Å². The maximum Gasteiger partial charge on any atom is 0.335 e. The van der Waals surface area contributed by atoms with Crippen molar-refractivity contribution in [1.82, 2.24) is 10.2 Å². The van der Waals surface area contributed by atoms with Gasteiger partial charge >= 0.3 is 11.7 Å². The van der Waals surface area contributed by atoms with Gasteiger partial charge in [-0.25, -0.2) is 9.59 Å². The van der Waals surface area contributed by atoms with Crippen molar-refractivity contribution in [2.45, 2.75) is 107 Å². The standard InChI is InChI=1S/C29H42N2O6/c1-26-10-5-19(30-25(34)31-14-9-20(32)16-31)15-28(26,35)12-7-23-22(26)6-11-27(2)21(8-13-29(23,27)36)18-3-4-24(33)37-17-18/h3-4,17,19-23,32,35-36H,5-16H2,1-2H3,(H,30,34)/t19-,20?,21+,22-,23+,26+,27+,28-,29-/m0/s1. The number of hydrogen-bond acceptors (Lipinski definition) is 6. The highest BCUT2D eigenvalue weighted by molar-refractivity contribution is 5.75. The van der Waals surface area contributed by atoms with Gasteiger partial charge in [0.1, 0.15) is 0 Å². The van der Waals surface area contributed by atoms with Crippen LogP contribution in [-0.4, -0.2) is 62.7 Å². The molecule has 2 heterocycles. The SMILES string of the molecule is C[C@]12CC[C@H](NC(=O)N3CCC(O)C3)C[C@@]1(O)CC[C@@H]1[C@@H]2CC[C@]2(C)[C@@H](c3ccc(=O)oc3)CC[C@]12O. The molecule has 4 aliphatic carbocycles. The summed E-state index contributed by atoms with van der Waals surface area (Å²) in [6.45, 7) is 5.39. The fourth-order valence-electron chi connectivity index (χ4n) is 9.64. The Hall–Kier alpha value is -1.90. The molecule has 1 unspecified atom stereocenters. The number of rotatable bonds is 2. The summed E-state index contributed by atoms with van der Waals surface area (Å²) in [7, 11) is 0. The Balaban J connectivity index is 1.20. The van der Waals surface area contributed by atoms with Gasteiger partial charge in [0.05, 0.1) is 23.6 Å². The zero-order valence-electron chi connectivity index (χ0n) is 22.1. The molecule has 6 rings (SSSR count). The molecule has 5 fully saturated rings. The molecule has 0 bridgehead atoms. The highest BCUT2D eigenvalue weighted by Crippen LogP contribution is 2.71. The summed E-state index contributed by atoms with van der Waals surface area (Å²) in [6.07, 6.45) is 8.74. The minimum atomic E-state index is -0.875.